The van der Waals surface area contributed by atoms with Crippen molar-refractivity contribution in [3.63, 3.8) is 0 Å². The number of fused-ring (bicyclic) bond motifs is 1. The first-order chi connectivity index (χ1) is 19.5. The van der Waals surface area contributed by atoms with Gasteiger partial charge in [-0.2, -0.15) is 0 Å². The van der Waals surface area contributed by atoms with E-state index in [0.29, 0.717) is 36.7 Å². The number of nitrogens with one attached hydrogen (secondary N) is 2. The third kappa shape index (κ3) is 6.32. The molecular formula is C29H31FN4O6S. The molecule has 10 nitrogen and oxygen atoms in total. The summed E-state index contributed by atoms with van der Waals surface area (Å²) in [6.07, 6.45) is 1.64. The van der Waals surface area contributed by atoms with Gasteiger partial charge in [0.2, 0.25) is 21.8 Å². The number of rotatable bonds is 10. The highest BCUT2D eigenvalue weighted by atomic mass is 32.2. The van der Waals surface area contributed by atoms with Crippen LogP contribution in [-0.2, 0) is 32.6 Å². The first kappa shape index (κ1) is 28.5. The normalized spacial score (nSPS) is 18.8. The molecule has 0 spiro atoms. The Labute approximate surface area is 236 Å². The fraction of sp³-hybridized carbons (Fsp3) is 0.379. The second-order valence-electron chi connectivity index (χ2n) is 10.6. The number of Topliss-reactive ketones (excluding diaryl/α,β-unsaturated/α-hetero) is 1. The van der Waals surface area contributed by atoms with E-state index < -0.39 is 45.2 Å². The second-order valence-corrected chi connectivity index (χ2v) is 12.5. The van der Waals surface area contributed by atoms with Gasteiger partial charge in [0.05, 0.1) is 11.8 Å². The number of alkyl halides is 1. The first-order valence-corrected chi connectivity index (χ1v) is 15.0. The van der Waals surface area contributed by atoms with Gasteiger partial charge in [-0.3, -0.25) is 19.2 Å². The maximum Gasteiger partial charge on any atom is 0.264 e. The molecule has 2 fully saturated rings. The summed E-state index contributed by atoms with van der Waals surface area (Å²) in [5, 5.41) is 2.61. The fourth-order valence-electron chi connectivity index (χ4n) is 5.14. The van der Waals surface area contributed by atoms with Crippen LogP contribution in [0.25, 0.3) is 10.9 Å². The number of aromatic nitrogens is 1. The van der Waals surface area contributed by atoms with Crippen molar-refractivity contribution in [1.29, 1.82) is 0 Å². The minimum Gasteiger partial charge on any atom is -0.354 e. The number of carbonyl (C=O) groups is 4. The molecule has 1 saturated carbocycles. The van der Waals surface area contributed by atoms with Crippen LogP contribution in [-0.4, -0.2) is 71.9 Å². The molecule has 1 aromatic heterocycles. The SMILES string of the molecule is CC(=O)c1cn(CC(=O)N2C[C@H](F)C[C@H]2C(=O)NCCc2ccccc2)c2ccc(C(=O)NS(=O)(=O)C3CC3)cc12. The van der Waals surface area contributed by atoms with E-state index in [-0.39, 0.29) is 36.4 Å². The summed E-state index contributed by atoms with van der Waals surface area (Å²) < 4.78 is 42.4. The molecule has 0 bridgehead atoms. The molecule has 3 amide bonds. The molecule has 0 unspecified atom stereocenters. The number of sulfonamides is 1. The lowest BCUT2D eigenvalue weighted by atomic mass is 10.1. The van der Waals surface area contributed by atoms with Gasteiger partial charge >= 0.3 is 0 Å². The number of hydrogen-bond donors (Lipinski definition) is 2. The molecule has 5 rings (SSSR count). The molecule has 12 heteroatoms. The number of halogens is 1. The summed E-state index contributed by atoms with van der Waals surface area (Å²) in [6, 6.07) is 13.0. The van der Waals surface area contributed by atoms with E-state index in [1.54, 1.807) is 0 Å². The van der Waals surface area contributed by atoms with Crippen LogP contribution < -0.4 is 10.0 Å². The van der Waals surface area contributed by atoms with E-state index >= 15 is 0 Å². The summed E-state index contributed by atoms with van der Waals surface area (Å²) in [5.41, 5.74) is 1.80. The number of carbonyl (C=O) groups excluding carboxylic acids is 4. The maximum atomic E-state index is 14.4. The van der Waals surface area contributed by atoms with E-state index in [1.807, 2.05) is 30.3 Å². The monoisotopic (exact) mass is 582 g/mol. The summed E-state index contributed by atoms with van der Waals surface area (Å²) in [7, 11) is -3.76. The van der Waals surface area contributed by atoms with E-state index in [9.17, 15) is 32.0 Å². The number of benzene rings is 2. The summed E-state index contributed by atoms with van der Waals surface area (Å²) in [5.74, 6) is -2.03. The van der Waals surface area contributed by atoms with E-state index in [4.69, 9.17) is 0 Å². The number of ketones is 1. The van der Waals surface area contributed by atoms with Crippen molar-refractivity contribution in [1.82, 2.24) is 19.5 Å². The molecule has 1 saturated heterocycles. The van der Waals surface area contributed by atoms with Crippen LogP contribution in [0.2, 0.25) is 0 Å². The molecule has 0 radical (unpaired) electrons. The van der Waals surface area contributed by atoms with Crippen molar-refractivity contribution in [2.45, 2.75) is 56.6 Å². The van der Waals surface area contributed by atoms with Gasteiger partial charge in [0.25, 0.3) is 5.91 Å². The maximum absolute atomic E-state index is 14.4. The van der Waals surface area contributed by atoms with E-state index in [2.05, 4.69) is 10.0 Å². The van der Waals surface area contributed by atoms with Crippen LogP contribution in [0.3, 0.4) is 0 Å². The lowest BCUT2D eigenvalue weighted by molar-refractivity contribution is -0.138. The molecule has 2 atom stereocenters. The Balaban J connectivity index is 1.31. The average Bonchev–Trinajstić information content (AvgIpc) is 3.65. The Bertz CT molecular complexity index is 1620. The standard InChI is InChI=1S/C29H31FN4O6S/c1-18(35)24-16-33(25-10-7-20(13-23(24)25)28(37)32-41(39,40)22-8-9-22)17-27(36)34-15-21(30)14-26(34)29(38)31-12-11-19-5-3-2-4-6-19/h2-7,10,13,16,21-22,26H,8-9,11-12,14-15,17H2,1H3,(H,31,38)(H,32,37)/t21-,26+/m1/s1. The highest BCUT2D eigenvalue weighted by Gasteiger charge is 2.40. The third-order valence-corrected chi connectivity index (χ3v) is 9.27. The summed E-state index contributed by atoms with van der Waals surface area (Å²) in [6.45, 7) is 1.22. The van der Waals surface area contributed by atoms with Crippen molar-refractivity contribution in [3.05, 3.63) is 71.4 Å². The zero-order chi connectivity index (χ0) is 29.3. The Kier molecular flexibility index (Phi) is 7.94. The third-order valence-electron chi connectivity index (χ3n) is 7.46. The summed E-state index contributed by atoms with van der Waals surface area (Å²) >= 11 is 0. The summed E-state index contributed by atoms with van der Waals surface area (Å²) in [4.78, 5) is 52.5. The highest BCUT2D eigenvalue weighted by molar-refractivity contribution is 7.91. The van der Waals surface area contributed by atoms with Gasteiger partial charge in [-0.15, -0.1) is 0 Å². The Morgan fingerprint density at radius 3 is 2.46 bits per heavy atom. The van der Waals surface area contributed by atoms with Crippen molar-refractivity contribution in [2.75, 3.05) is 13.1 Å². The predicted molar refractivity (Wildman–Crippen MR) is 150 cm³/mol. The molecule has 2 aliphatic rings. The Morgan fingerprint density at radius 2 is 1.78 bits per heavy atom. The minimum absolute atomic E-state index is 0.0559. The smallest absolute Gasteiger partial charge is 0.264 e. The predicted octanol–water partition coefficient (Wildman–Crippen LogP) is 2.36. The van der Waals surface area contributed by atoms with Crippen molar-refractivity contribution < 1.29 is 32.0 Å². The van der Waals surface area contributed by atoms with Gasteiger partial charge in [0.15, 0.2) is 5.78 Å². The van der Waals surface area contributed by atoms with Crippen molar-refractivity contribution >= 4 is 44.4 Å². The number of nitrogens with zero attached hydrogens (tertiary/aromatic N) is 2. The lowest BCUT2D eigenvalue weighted by Crippen LogP contribution is -2.47. The van der Waals surface area contributed by atoms with Crippen LogP contribution in [0.4, 0.5) is 4.39 Å². The zero-order valence-electron chi connectivity index (χ0n) is 22.5. The topological polar surface area (TPSA) is 135 Å². The van der Waals surface area contributed by atoms with Gasteiger partial charge in [-0.25, -0.2) is 17.5 Å². The Hall–Kier alpha value is -4.06. The molecule has 41 heavy (non-hydrogen) atoms. The molecule has 3 aromatic rings. The minimum atomic E-state index is -3.76. The van der Waals surface area contributed by atoms with Crippen molar-refractivity contribution in [2.24, 2.45) is 0 Å². The number of amides is 3. The molecule has 216 valence electrons. The van der Waals surface area contributed by atoms with Crippen LogP contribution >= 0.6 is 0 Å². The second kappa shape index (κ2) is 11.4. The average molecular weight is 583 g/mol. The number of hydrogen-bond acceptors (Lipinski definition) is 6. The van der Waals surface area contributed by atoms with E-state index in [1.165, 1.54) is 40.8 Å². The fourth-order valence-corrected chi connectivity index (χ4v) is 6.44. The van der Waals surface area contributed by atoms with Crippen molar-refractivity contribution in [3.8, 4) is 0 Å². The van der Waals surface area contributed by atoms with Gasteiger partial charge < -0.3 is 14.8 Å². The highest BCUT2D eigenvalue weighted by Crippen LogP contribution is 2.29. The van der Waals surface area contributed by atoms with Crippen LogP contribution in [0.1, 0.15) is 52.5 Å². The quantitative estimate of drug-likeness (QED) is 0.353. The molecule has 2 heterocycles. The van der Waals surface area contributed by atoms with E-state index in [0.717, 1.165) is 5.56 Å². The molecule has 1 aliphatic carbocycles. The zero-order valence-corrected chi connectivity index (χ0v) is 23.3. The largest absolute Gasteiger partial charge is 0.354 e. The molecule has 1 aliphatic heterocycles. The number of likely N-dealkylation sites (tertiary alicyclic amines) is 1. The molecular weight excluding hydrogens is 551 g/mol. The van der Waals surface area contributed by atoms with Crippen LogP contribution in [0, 0.1) is 0 Å². The lowest BCUT2D eigenvalue weighted by Gasteiger charge is -2.24. The van der Waals surface area contributed by atoms with Gasteiger partial charge in [-0.1, -0.05) is 30.3 Å². The van der Waals surface area contributed by atoms with Crippen LogP contribution in [0.5, 0.6) is 0 Å². The molecule has 2 N–H and O–H groups in total. The first-order valence-electron chi connectivity index (χ1n) is 13.5. The van der Waals surface area contributed by atoms with Gasteiger partial charge in [0, 0.05) is 41.2 Å². The molecule has 2 aromatic carbocycles. The van der Waals surface area contributed by atoms with Gasteiger partial charge in [0.1, 0.15) is 18.8 Å². The van der Waals surface area contributed by atoms with Crippen LogP contribution in [0.15, 0.2) is 54.7 Å². The van der Waals surface area contributed by atoms with Gasteiger partial charge in [-0.05, 0) is 49.9 Å². The Morgan fingerprint density at radius 1 is 1.05 bits per heavy atom.